The summed E-state index contributed by atoms with van der Waals surface area (Å²) in [6.45, 7) is 4.68. The Morgan fingerprint density at radius 1 is 0.398 bits per heavy atom. The van der Waals surface area contributed by atoms with E-state index in [0.717, 1.165) is 109 Å². The highest BCUT2D eigenvalue weighted by Crippen LogP contribution is 2.43. The second-order valence-electron chi connectivity index (χ2n) is 24.9. The number of likely N-dealkylation sites (N-methyl/N-ethyl adjacent to an activating group) is 1. The molecule has 0 saturated carbocycles. The number of hydrogen-bond donors (Lipinski definition) is 3. The third kappa shape index (κ3) is 69.6. The summed E-state index contributed by atoms with van der Waals surface area (Å²) in [6.07, 6.45) is 105. The highest BCUT2D eigenvalue weighted by molar-refractivity contribution is 7.47. The molecule has 0 fully saturated rings. The first kappa shape index (κ1) is 84.1. The van der Waals surface area contributed by atoms with Crippen molar-refractivity contribution in [3.05, 3.63) is 158 Å². The van der Waals surface area contributed by atoms with Gasteiger partial charge in [0.1, 0.15) is 13.2 Å². The summed E-state index contributed by atoms with van der Waals surface area (Å²) >= 11 is 0. The molecule has 0 aliphatic carbocycles. The van der Waals surface area contributed by atoms with Crippen LogP contribution in [-0.2, 0) is 18.4 Å². The van der Waals surface area contributed by atoms with Crippen molar-refractivity contribution in [3.8, 4) is 0 Å². The molecule has 3 N–H and O–H groups in total. The summed E-state index contributed by atoms with van der Waals surface area (Å²) in [5.41, 5.74) is 0. The number of quaternary nitrogens is 1. The van der Waals surface area contributed by atoms with Crippen molar-refractivity contribution in [2.45, 2.75) is 296 Å². The van der Waals surface area contributed by atoms with Crippen molar-refractivity contribution in [2.24, 2.45) is 0 Å². The number of carbonyl (C=O) groups is 1. The molecule has 0 aromatic carbocycles. The molecule has 0 aliphatic rings. The fraction of sp³-hybridized carbons (Fsp3) is 0.658. The number of nitrogens with one attached hydrogen (secondary N) is 1. The number of rotatable bonds is 64. The molecule has 1 amide bonds. The van der Waals surface area contributed by atoms with Gasteiger partial charge in [0.25, 0.3) is 0 Å². The number of hydrogen-bond acceptors (Lipinski definition) is 5. The molecule has 0 aromatic heterocycles. The lowest BCUT2D eigenvalue weighted by Gasteiger charge is -2.25. The van der Waals surface area contributed by atoms with Gasteiger partial charge in [0, 0.05) is 6.42 Å². The largest absolute Gasteiger partial charge is 0.472 e. The molecule has 0 heterocycles. The molecule has 0 bridgehead atoms. The molecule has 88 heavy (non-hydrogen) atoms. The van der Waals surface area contributed by atoms with Gasteiger partial charge < -0.3 is 19.8 Å². The Balaban J connectivity index is 4.23. The zero-order valence-corrected chi connectivity index (χ0v) is 58.3. The molecule has 8 nitrogen and oxygen atoms in total. The van der Waals surface area contributed by atoms with E-state index in [9.17, 15) is 19.4 Å². The van der Waals surface area contributed by atoms with Gasteiger partial charge in [-0.3, -0.25) is 13.8 Å². The maximum atomic E-state index is 13.0. The normalized spacial score (nSPS) is 14.6. The summed E-state index contributed by atoms with van der Waals surface area (Å²) < 4.78 is 23.8. The minimum Gasteiger partial charge on any atom is -0.387 e. The zero-order valence-electron chi connectivity index (χ0n) is 57.4. The second-order valence-corrected chi connectivity index (χ2v) is 26.3. The van der Waals surface area contributed by atoms with Crippen molar-refractivity contribution in [2.75, 3.05) is 40.9 Å². The fourth-order valence-corrected chi connectivity index (χ4v) is 10.5. The predicted molar refractivity (Wildman–Crippen MR) is 387 cm³/mol. The topological polar surface area (TPSA) is 105 Å². The van der Waals surface area contributed by atoms with Crippen LogP contribution >= 0.6 is 7.82 Å². The number of aliphatic hydroxyl groups is 1. The van der Waals surface area contributed by atoms with Gasteiger partial charge in [-0.1, -0.05) is 326 Å². The molecule has 3 atom stereocenters. The highest BCUT2D eigenvalue weighted by Gasteiger charge is 2.28. The van der Waals surface area contributed by atoms with Crippen LogP contribution in [0.25, 0.3) is 0 Å². The summed E-state index contributed by atoms with van der Waals surface area (Å²) in [5.74, 6) is -0.223. The maximum Gasteiger partial charge on any atom is 0.472 e. The van der Waals surface area contributed by atoms with Crippen molar-refractivity contribution in [1.29, 1.82) is 0 Å². The number of nitrogens with zero attached hydrogens (tertiary/aromatic N) is 1. The lowest BCUT2D eigenvalue weighted by Crippen LogP contribution is -2.45. The van der Waals surface area contributed by atoms with Crippen LogP contribution in [0, 0.1) is 0 Å². The van der Waals surface area contributed by atoms with E-state index in [2.05, 4.69) is 165 Å². The van der Waals surface area contributed by atoms with Gasteiger partial charge in [-0.25, -0.2) is 4.57 Å². The molecule has 9 heteroatoms. The minimum atomic E-state index is -4.38. The molecule has 0 aliphatic heterocycles. The van der Waals surface area contributed by atoms with E-state index in [4.69, 9.17) is 9.05 Å². The van der Waals surface area contributed by atoms with Gasteiger partial charge in [0.2, 0.25) is 5.91 Å². The maximum absolute atomic E-state index is 13.0. The Bertz CT molecular complexity index is 1990. The summed E-state index contributed by atoms with van der Waals surface area (Å²) in [5, 5.41) is 14.0. The molecule has 0 aromatic rings. The number of allylic oxidation sites excluding steroid dienone is 25. The Labute approximate surface area is 543 Å². The molecule has 0 radical (unpaired) electrons. The standard InChI is InChI=1S/C79H135N2O6P/c1-6-8-10-12-14-16-18-20-22-24-26-28-30-32-34-35-36-37-38-39-40-41-42-43-44-45-47-49-51-53-55-57-59-61-63-65-67-69-71-73-79(83)80-77(76-87-88(84,85)86-75-74-81(3,4)5)78(82)72-70-68-66-64-62-60-58-56-54-52-50-48-46-33-31-29-27-25-23-21-19-17-15-13-11-9-7-2/h8,10,14,16,20,22,26,28,32,34,36-37,39-40,42-43,45,47,51,53,57,59,63,65,70,72,77-78,82H,6-7,9,11-13,15,17-19,21,23-25,27,29-31,33,35,38,41,44,46,48-50,52,54-56,58,60-62,64,66-69,71,73-76H2,1-5H3,(H-,80,83,84,85)/p+1/b10-8-,16-14-,22-20-,28-26-,34-32-,37-36-,40-39-,43-42-,47-45-,53-51-,59-57-,65-63-,72-70+. The smallest absolute Gasteiger partial charge is 0.387 e. The Kier molecular flexibility index (Phi) is 64.5. The van der Waals surface area contributed by atoms with Crippen LogP contribution in [0.3, 0.4) is 0 Å². The number of aliphatic hydroxyl groups excluding tert-OH is 1. The van der Waals surface area contributed by atoms with Crippen LogP contribution in [0.5, 0.6) is 0 Å². The molecule has 0 saturated heterocycles. The van der Waals surface area contributed by atoms with E-state index in [1.165, 1.54) is 148 Å². The van der Waals surface area contributed by atoms with Gasteiger partial charge in [0.05, 0.1) is 39.9 Å². The number of amides is 1. The van der Waals surface area contributed by atoms with Crippen LogP contribution in [-0.4, -0.2) is 73.4 Å². The molecular weight excluding hydrogens is 1100 g/mol. The van der Waals surface area contributed by atoms with Gasteiger partial charge in [-0.15, -0.1) is 0 Å². The van der Waals surface area contributed by atoms with Gasteiger partial charge >= 0.3 is 7.82 Å². The monoisotopic (exact) mass is 1240 g/mol. The van der Waals surface area contributed by atoms with Crippen molar-refractivity contribution in [1.82, 2.24) is 5.32 Å². The third-order valence-corrected chi connectivity index (χ3v) is 16.2. The molecular formula is C79H136N2O6P+. The van der Waals surface area contributed by atoms with E-state index in [0.29, 0.717) is 23.9 Å². The van der Waals surface area contributed by atoms with Gasteiger partial charge in [0.15, 0.2) is 0 Å². The Hall–Kier alpha value is -3.88. The minimum absolute atomic E-state index is 0.0449. The predicted octanol–water partition coefficient (Wildman–Crippen LogP) is 23.3. The number of phosphoric ester groups is 1. The van der Waals surface area contributed by atoms with Crippen LogP contribution in [0.1, 0.15) is 284 Å². The van der Waals surface area contributed by atoms with E-state index in [1.807, 2.05) is 27.2 Å². The summed E-state index contributed by atoms with van der Waals surface area (Å²) in [4.78, 5) is 23.4. The van der Waals surface area contributed by atoms with E-state index >= 15 is 0 Å². The highest BCUT2D eigenvalue weighted by atomic mass is 31.2. The zero-order chi connectivity index (χ0) is 64.1. The summed E-state index contributed by atoms with van der Waals surface area (Å²) in [6, 6.07) is -0.884. The number of carbonyl (C=O) groups excluding carboxylic acids is 1. The van der Waals surface area contributed by atoms with Crippen molar-refractivity contribution >= 4 is 13.7 Å². The SMILES string of the molecule is CC/C=C\C/C=C\C/C=C\C/C=C\C/C=C\C/C=C\C/C=C\C/C=C\C/C=C\C/C=C\C/C=C\C/C=C\CCCCC(=O)NC(COP(=O)(O)OCC[N+](C)(C)C)C(O)/C=C/CCCCCCCCCCCCCCCCCCCCCCCCCCC. The third-order valence-electron chi connectivity index (χ3n) is 15.3. The average Bonchev–Trinajstić information content (AvgIpc) is 3.70. The second kappa shape index (κ2) is 67.5. The first-order chi connectivity index (χ1) is 43.0. The van der Waals surface area contributed by atoms with Crippen molar-refractivity contribution < 1.29 is 32.9 Å². The van der Waals surface area contributed by atoms with Crippen LogP contribution < -0.4 is 5.32 Å². The molecule has 3 unspecified atom stereocenters. The van der Waals surface area contributed by atoms with E-state index in [1.54, 1.807) is 6.08 Å². The quantitative estimate of drug-likeness (QED) is 0.0243. The number of unbranched alkanes of at least 4 members (excludes halogenated alkanes) is 27. The lowest BCUT2D eigenvalue weighted by atomic mass is 10.0. The fourth-order valence-electron chi connectivity index (χ4n) is 9.73. The summed E-state index contributed by atoms with van der Waals surface area (Å²) in [7, 11) is 1.53. The molecule has 502 valence electrons. The Morgan fingerprint density at radius 2 is 0.682 bits per heavy atom. The van der Waals surface area contributed by atoms with Crippen molar-refractivity contribution in [3.63, 3.8) is 0 Å². The molecule has 0 spiro atoms. The lowest BCUT2D eigenvalue weighted by molar-refractivity contribution is -0.870. The first-order valence-corrected chi connectivity index (χ1v) is 37.4. The average molecular weight is 1240 g/mol. The van der Waals surface area contributed by atoms with Crippen LogP contribution in [0.2, 0.25) is 0 Å². The van der Waals surface area contributed by atoms with E-state index in [-0.39, 0.29) is 19.1 Å². The van der Waals surface area contributed by atoms with E-state index < -0.39 is 20.0 Å². The first-order valence-electron chi connectivity index (χ1n) is 35.9. The Morgan fingerprint density at radius 3 is 1.00 bits per heavy atom. The molecule has 0 rings (SSSR count). The van der Waals surface area contributed by atoms with Gasteiger partial charge in [-0.2, -0.15) is 0 Å². The number of phosphoric acid groups is 1. The van der Waals surface area contributed by atoms with Crippen LogP contribution in [0.4, 0.5) is 0 Å². The van der Waals surface area contributed by atoms with Crippen LogP contribution in [0.15, 0.2) is 158 Å². The van der Waals surface area contributed by atoms with Gasteiger partial charge in [-0.05, 0) is 109 Å².